The van der Waals surface area contributed by atoms with Crippen molar-refractivity contribution in [2.45, 2.75) is 13.3 Å². The van der Waals surface area contributed by atoms with Crippen LogP contribution < -0.4 is 5.73 Å². The van der Waals surface area contributed by atoms with Gasteiger partial charge < -0.3 is 4.74 Å². The topological polar surface area (TPSA) is 69.4 Å². The first-order valence-corrected chi connectivity index (χ1v) is 4.70. The van der Waals surface area contributed by atoms with Crippen LogP contribution in [-0.2, 0) is 4.74 Å². The number of Topliss-reactive ketones (excluding diaryl/α,β-unsaturated/α-hetero) is 1. The van der Waals surface area contributed by atoms with Crippen LogP contribution in [0.15, 0.2) is 24.3 Å². The Balaban J connectivity index is 3.06. The maximum atomic E-state index is 11.5. The van der Waals surface area contributed by atoms with Crippen molar-refractivity contribution in [1.29, 1.82) is 0 Å². The highest BCUT2D eigenvalue weighted by atomic mass is 16.5. The zero-order valence-corrected chi connectivity index (χ0v) is 8.53. The molecule has 0 saturated carbocycles. The molecule has 0 amide bonds. The first kappa shape index (κ1) is 11.4. The summed E-state index contributed by atoms with van der Waals surface area (Å²) in [6.07, 6.45) is 0.354. The summed E-state index contributed by atoms with van der Waals surface area (Å²) in [6, 6.07) is 6.56. The van der Waals surface area contributed by atoms with E-state index < -0.39 is 5.97 Å². The molecule has 15 heavy (non-hydrogen) atoms. The van der Waals surface area contributed by atoms with Crippen molar-refractivity contribution in [2.24, 2.45) is 5.73 Å². The predicted octanol–water partition coefficient (Wildman–Crippen LogP) is 1.35. The summed E-state index contributed by atoms with van der Waals surface area (Å²) in [5.74, 6) is -0.644. The summed E-state index contributed by atoms with van der Waals surface area (Å²) in [5, 5.41) is 0. The smallest absolute Gasteiger partial charge is 0.340 e. The lowest BCUT2D eigenvalue weighted by Crippen LogP contribution is -2.15. The molecular formula is C11H13NO3. The van der Waals surface area contributed by atoms with E-state index in [9.17, 15) is 9.59 Å². The second-order valence-electron chi connectivity index (χ2n) is 2.92. The summed E-state index contributed by atoms with van der Waals surface area (Å²) in [4.78, 5) is 22.9. The molecule has 0 bridgehead atoms. The molecule has 0 spiro atoms. The molecular weight excluding hydrogens is 194 g/mol. The maximum Gasteiger partial charge on any atom is 0.340 e. The third kappa shape index (κ3) is 2.63. The number of carbonyl (C=O) groups is 2. The fraction of sp³-hybridized carbons (Fsp3) is 0.273. The highest BCUT2D eigenvalue weighted by Gasteiger charge is 2.15. The molecule has 0 fully saturated rings. The summed E-state index contributed by atoms with van der Waals surface area (Å²) >= 11 is 0. The lowest BCUT2D eigenvalue weighted by Gasteiger charge is -2.06. The van der Waals surface area contributed by atoms with Crippen molar-refractivity contribution in [1.82, 2.24) is 0 Å². The van der Waals surface area contributed by atoms with Crippen LogP contribution in [0.1, 0.15) is 34.1 Å². The minimum Gasteiger partial charge on any atom is -0.446 e. The first-order chi connectivity index (χ1) is 7.20. The Morgan fingerprint density at radius 3 is 2.40 bits per heavy atom. The van der Waals surface area contributed by atoms with Crippen LogP contribution in [0.3, 0.4) is 0 Å². The van der Waals surface area contributed by atoms with Crippen LogP contribution in [0.25, 0.3) is 0 Å². The number of nitrogens with two attached hydrogens (primary N) is 1. The molecule has 1 aromatic carbocycles. The SMILES string of the molecule is CCC(=O)c1ccccc1C(=O)OCN. The zero-order valence-electron chi connectivity index (χ0n) is 8.53. The fourth-order valence-corrected chi connectivity index (χ4v) is 1.25. The van der Waals surface area contributed by atoms with Gasteiger partial charge in [-0.2, -0.15) is 0 Å². The summed E-state index contributed by atoms with van der Waals surface area (Å²) in [7, 11) is 0. The van der Waals surface area contributed by atoms with Gasteiger partial charge in [0, 0.05) is 12.0 Å². The van der Waals surface area contributed by atoms with Gasteiger partial charge in [0.05, 0.1) is 5.56 Å². The number of ether oxygens (including phenoxy) is 1. The molecule has 80 valence electrons. The minimum absolute atomic E-state index is 0.0837. The number of carbonyl (C=O) groups excluding carboxylic acids is 2. The second kappa shape index (κ2) is 5.26. The molecule has 0 aromatic heterocycles. The van der Waals surface area contributed by atoms with Crippen LogP contribution >= 0.6 is 0 Å². The number of rotatable bonds is 4. The zero-order chi connectivity index (χ0) is 11.3. The highest BCUT2D eigenvalue weighted by molar-refractivity contribution is 6.06. The third-order valence-electron chi connectivity index (χ3n) is 1.98. The van der Waals surface area contributed by atoms with E-state index >= 15 is 0 Å². The van der Waals surface area contributed by atoms with Gasteiger partial charge in [-0.3, -0.25) is 10.5 Å². The number of ketones is 1. The lowest BCUT2D eigenvalue weighted by molar-refractivity contribution is 0.0512. The Morgan fingerprint density at radius 1 is 1.27 bits per heavy atom. The summed E-state index contributed by atoms with van der Waals surface area (Å²) < 4.78 is 4.65. The first-order valence-electron chi connectivity index (χ1n) is 4.70. The largest absolute Gasteiger partial charge is 0.446 e. The Morgan fingerprint density at radius 2 is 1.87 bits per heavy atom. The lowest BCUT2D eigenvalue weighted by atomic mass is 10.0. The minimum atomic E-state index is -0.560. The van der Waals surface area contributed by atoms with E-state index in [4.69, 9.17) is 5.73 Å². The van der Waals surface area contributed by atoms with E-state index in [1.54, 1.807) is 31.2 Å². The van der Waals surface area contributed by atoms with Crippen LogP contribution in [0.5, 0.6) is 0 Å². The second-order valence-corrected chi connectivity index (χ2v) is 2.92. The van der Waals surface area contributed by atoms with Crippen molar-refractivity contribution >= 4 is 11.8 Å². The standard InChI is InChI=1S/C11H13NO3/c1-2-10(13)8-5-3-4-6-9(8)11(14)15-7-12/h3-6H,2,7,12H2,1H3. The fourth-order valence-electron chi connectivity index (χ4n) is 1.25. The van der Waals surface area contributed by atoms with Gasteiger partial charge in [0.2, 0.25) is 0 Å². The molecule has 0 heterocycles. The number of hydrogen-bond donors (Lipinski definition) is 1. The van der Waals surface area contributed by atoms with Gasteiger partial charge in [-0.05, 0) is 6.07 Å². The van der Waals surface area contributed by atoms with E-state index in [1.165, 1.54) is 0 Å². The molecule has 0 unspecified atom stereocenters. The van der Waals surface area contributed by atoms with Gasteiger partial charge in [0.25, 0.3) is 0 Å². The van der Waals surface area contributed by atoms with Gasteiger partial charge in [-0.25, -0.2) is 4.79 Å². The number of esters is 1. The Labute approximate surface area is 88.0 Å². The van der Waals surface area contributed by atoms with Gasteiger partial charge in [0.1, 0.15) is 6.73 Å². The number of hydrogen-bond acceptors (Lipinski definition) is 4. The van der Waals surface area contributed by atoms with Crippen molar-refractivity contribution in [2.75, 3.05) is 6.73 Å². The van der Waals surface area contributed by atoms with Crippen LogP contribution in [-0.4, -0.2) is 18.5 Å². The van der Waals surface area contributed by atoms with Crippen LogP contribution in [0, 0.1) is 0 Å². The average molecular weight is 207 g/mol. The summed E-state index contributed by atoms with van der Waals surface area (Å²) in [5.41, 5.74) is 5.76. The molecule has 0 radical (unpaired) electrons. The molecule has 0 aliphatic rings. The van der Waals surface area contributed by atoms with Crippen LogP contribution in [0.4, 0.5) is 0 Å². The Hall–Kier alpha value is -1.68. The van der Waals surface area contributed by atoms with Crippen molar-refractivity contribution in [3.8, 4) is 0 Å². The van der Waals surface area contributed by atoms with Crippen molar-refractivity contribution in [3.63, 3.8) is 0 Å². The monoisotopic (exact) mass is 207 g/mol. The summed E-state index contributed by atoms with van der Waals surface area (Å²) in [6.45, 7) is 1.56. The molecule has 0 aliphatic carbocycles. The number of benzene rings is 1. The normalized spacial score (nSPS) is 9.73. The molecule has 1 aromatic rings. The van der Waals surface area contributed by atoms with Gasteiger partial charge >= 0.3 is 5.97 Å². The van der Waals surface area contributed by atoms with E-state index in [-0.39, 0.29) is 18.1 Å². The van der Waals surface area contributed by atoms with Gasteiger partial charge in [-0.15, -0.1) is 0 Å². The molecule has 0 atom stereocenters. The Kier molecular flexibility index (Phi) is 4.00. The van der Waals surface area contributed by atoms with E-state index in [2.05, 4.69) is 4.74 Å². The predicted molar refractivity (Wildman–Crippen MR) is 55.5 cm³/mol. The van der Waals surface area contributed by atoms with E-state index in [1.807, 2.05) is 0 Å². The van der Waals surface area contributed by atoms with Gasteiger partial charge in [-0.1, -0.05) is 25.1 Å². The van der Waals surface area contributed by atoms with Crippen LogP contribution in [0.2, 0.25) is 0 Å². The van der Waals surface area contributed by atoms with E-state index in [0.29, 0.717) is 12.0 Å². The highest BCUT2D eigenvalue weighted by Crippen LogP contribution is 2.12. The molecule has 4 heteroatoms. The van der Waals surface area contributed by atoms with Gasteiger partial charge in [0.15, 0.2) is 5.78 Å². The van der Waals surface area contributed by atoms with Crippen molar-refractivity contribution in [3.05, 3.63) is 35.4 Å². The molecule has 0 saturated heterocycles. The average Bonchev–Trinajstić information content (AvgIpc) is 2.28. The molecule has 4 nitrogen and oxygen atoms in total. The molecule has 0 aliphatic heterocycles. The maximum absolute atomic E-state index is 11.5. The van der Waals surface area contributed by atoms with E-state index in [0.717, 1.165) is 0 Å². The third-order valence-corrected chi connectivity index (χ3v) is 1.98. The quantitative estimate of drug-likeness (QED) is 0.459. The molecule has 1 rings (SSSR count). The van der Waals surface area contributed by atoms with Crippen molar-refractivity contribution < 1.29 is 14.3 Å². The molecule has 2 N–H and O–H groups in total. The Bertz CT molecular complexity index is 374.